The second kappa shape index (κ2) is 8.87. The van der Waals surface area contributed by atoms with E-state index in [2.05, 4.69) is 6.92 Å². The van der Waals surface area contributed by atoms with Gasteiger partial charge >= 0.3 is 0 Å². The van der Waals surface area contributed by atoms with Crippen LogP contribution in [0.25, 0.3) is 0 Å². The first-order valence-corrected chi connectivity index (χ1v) is 9.92. The summed E-state index contributed by atoms with van der Waals surface area (Å²) >= 11 is 0. The molecule has 6 heteroatoms. The lowest BCUT2D eigenvalue weighted by Gasteiger charge is -2.13. The summed E-state index contributed by atoms with van der Waals surface area (Å²) in [5, 5.41) is 10.2. The molecule has 0 aliphatic carbocycles. The number of ether oxygens (including phenoxy) is 1. The number of hydrogen-bond acceptors (Lipinski definition) is 4. The highest BCUT2D eigenvalue weighted by Gasteiger charge is 2.21. The molecule has 0 amide bonds. The molecule has 0 bridgehead atoms. The maximum atomic E-state index is 11.6. The smallest absolute Gasteiger partial charge is 0.298 e. The standard InChI is InChI=1S/C19H24O5S/c1-2-3-4-5-7-10-15-13-17(24-16-11-8-6-9-12-16)19(20)18(14-15)25(21,22)23/h6,8-9,11-14,20H,2-5,7,10H2,1H3,(H,21,22,23). The van der Waals surface area contributed by atoms with Crippen LogP contribution in [0.15, 0.2) is 47.4 Å². The molecular formula is C19H24O5S. The Morgan fingerprint density at radius 1 is 1.00 bits per heavy atom. The molecule has 0 aromatic heterocycles. The van der Waals surface area contributed by atoms with Crippen molar-refractivity contribution in [1.29, 1.82) is 0 Å². The number of benzene rings is 2. The summed E-state index contributed by atoms with van der Waals surface area (Å²) in [6.45, 7) is 2.14. The van der Waals surface area contributed by atoms with Gasteiger partial charge in [0.1, 0.15) is 10.6 Å². The fraction of sp³-hybridized carbons (Fsp3) is 0.368. The predicted molar refractivity (Wildman–Crippen MR) is 96.9 cm³/mol. The Bertz CT molecular complexity index is 785. The molecule has 0 fully saturated rings. The van der Waals surface area contributed by atoms with Crippen molar-refractivity contribution in [2.75, 3.05) is 0 Å². The molecule has 0 radical (unpaired) electrons. The average Bonchev–Trinajstić information content (AvgIpc) is 2.57. The Balaban J connectivity index is 2.26. The van der Waals surface area contributed by atoms with E-state index in [0.29, 0.717) is 17.7 Å². The van der Waals surface area contributed by atoms with Crippen molar-refractivity contribution in [1.82, 2.24) is 0 Å². The van der Waals surface area contributed by atoms with Crippen LogP contribution in [0.4, 0.5) is 0 Å². The summed E-state index contributed by atoms with van der Waals surface area (Å²) in [5.74, 6) is -0.0925. The van der Waals surface area contributed by atoms with Crippen LogP contribution in [0.5, 0.6) is 17.2 Å². The zero-order valence-corrected chi connectivity index (χ0v) is 15.1. The van der Waals surface area contributed by atoms with Crippen LogP contribution in [-0.4, -0.2) is 18.1 Å². The van der Waals surface area contributed by atoms with E-state index in [1.54, 1.807) is 30.3 Å². The van der Waals surface area contributed by atoms with Gasteiger partial charge in [-0.05, 0) is 42.7 Å². The third-order valence-corrected chi connectivity index (χ3v) is 4.78. The zero-order chi connectivity index (χ0) is 18.3. The Morgan fingerprint density at radius 3 is 2.32 bits per heavy atom. The highest BCUT2D eigenvalue weighted by Crippen LogP contribution is 2.37. The van der Waals surface area contributed by atoms with E-state index in [4.69, 9.17) is 4.74 Å². The van der Waals surface area contributed by atoms with E-state index in [0.717, 1.165) is 25.7 Å². The normalized spacial score (nSPS) is 11.4. The average molecular weight is 364 g/mol. The van der Waals surface area contributed by atoms with Gasteiger partial charge in [-0.25, -0.2) is 0 Å². The summed E-state index contributed by atoms with van der Waals surface area (Å²) < 4.78 is 38.1. The van der Waals surface area contributed by atoms with Gasteiger partial charge < -0.3 is 9.84 Å². The summed E-state index contributed by atoms with van der Waals surface area (Å²) in [7, 11) is -4.54. The predicted octanol–water partition coefficient (Wildman–Crippen LogP) is 4.94. The van der Waals surface area contributed by atoms with Gasteiger partial charge in [-0.2, -0.15) is 8.42 Å². The fourth-order valence-corrected chi connectivity index (χ4v) is 3.25. The van der Waals surface area contributed by atoms with E-state index < -0.39 is 20.8 Å². The van der Waals surface area contributed by atoms with E-state index in [-0.39, 0.29) is 5.75 Å². The van der Waals surface area contributed by atoms with Gasteiger partial charge in [-0.1, -0.05) is 50.8 Å². The summed E-state index contributed by atoms with van der Waals surface area (Å²) in [5.41, 5.74) is 0.702. The minimum Gasteiger partial charge on any atom is -0.503 e. The number of aromatic hydroxyl groups is 1. The van der Waals surface area contributed by atoms with Crippen LogP contribution in [0.1, 0.15) is 44.6 Å². The SMILES string of the molecule is CCCCCCCc1cc(Oc2ccccc2)c(O)c(S(=O)(=O)O)c1. The van der Waals surface area contributed by atoms with Gasteiger partial charge in [0, 0.05) is 0 Å². The molecule has 136 valence electrons. The molecule has 0 aliphatic heterocycles. The monoisotopic (exact) mass is 364 g/mol. The first kappa shape index (κ1) is 19.3. The second-order valence-corrected chi connectivity index (χ2v) is 7.39. The number of unbranched alkanes of at least 4 members (excludes halogenated alkanes) is 4. The molecule has 2 N–H and O–H groups in total. The Hall–Kier alpha value is -2.05. The number of hydrogen-bond donors (Lipinski definition) is 2. The maximum Gasteiger partial charge on any atom is 0.298 e. The Kier molecular flexibility index (Phi) is 6.84. The molecule has 2 aromatic carbocycles. The van der Waals surface area contributed by atoms with Gasteiger partial charge in [-0.3, -0.25) is 4.55 Å². The molecule has 5 nitrogen and oxygen atoms in total. The number of para-hydroxylation sites is 1. The number of phenolic OH excluding ortho intramolecular Hbond substituents is 1. The third-order valence-electron chi connectivity index (χ3n) is 3.92. The van der Waals surface area contributed by atoms with Crippen LogP contribution in [0.3, 0.4) is 0 Å². The van der Waals surface area contributed by atoms with Gasteiger partial charge in [-0.15, -0.1) is 0 Å². The van der Waals surface area contributed by atoms with Crippen molar-refractivity contribution in [3.63, 3.8) is 0 Å². The molecular weight excluding hydrogens is 340 g/mol. The lowest BCUT2D eigenvalue weighted by molar-refractivity contribution is 0.395. The van der Waals surface area contributed by atoms with Crippen LogP contribution >= 0.6 is 0 Å². The van der Waals surface area contributed by atoms with Crippen molar-refractivity contribution >= 4 is 10.1 Å². The first-order chi connectivity index (χ1) is 11.9. The molecule has 0 saturated carbocycles. The van der Waals surface area contributed by atoms with Crippen LogP contribution in [0, 0.1) is 0 Å². The lowest BCUT2D eigenvalue weighted by atomic mass is 10.0. The minimum atomic E-state index is -4.54. The molecule has 25 heavy (non-hydrogen) atoms. The van der Waals surface area contributed by atoms with Crippen molar-refractivity contribution in [3.05, 3.63) is 48.0 Å². The molecule has 0 saturated heterocycles. The van der Waals surface area contributed by atoms with Crippen LogP contribution in [0.2, 0.25) is 0 Å². The first-order valence-electron chi connectivity index (χ1n) is 8.48. The summed E-state index contributed by atoms with van der Waals surface area (Å²) in [4.78, 5) is -0.524. The van der Waals surface area contributed by atoms with Crippen molar-refractivity contribution in [2.24, 2.45) is 0 Å². The van der Waals surface area contributed by atoms with Gasteiger partial charge in [0.05, 0.1) is 0 Å². The van der Waals surface area contributed by atoms with Gasteiger partial charge in [0.15, 0.2) is 11.5 Å². The summed E-state index contributed by atoms with van der Waals surface area (Å²) in [6.07, 6.45) is 6.06. The van der Waals surface area contributed by atoms with Gasteiger partial charge in [0.25, 0.3) is 10.1 Å². The third kappa shape index (κ3) is 5.76. The van der Waals surface area contributed by atoms with Crippen LogP contribution < -0.4 is 4.74 Å². The van der Waals surface area contributed by atoms with E-state index in [1.807, 2.05) is 6.07 Å². The molecule has 0 spiro atoms. The highest BCUT2D eigenvalue weighted by molar-refractivity contribution is 7.86. The van der Waals surface area contributed by atoms with Gasteiger partial charge in [0.2, 0.25) is 0 Å². The van der Waals surface area contributed by atoms with E-state index in [1.165, 1.54) is 12.5 Å². The largest absolute Gasteiger partial charge is 0.503 e. The lowest BCUT2D eigenvalue weighted by Crippen LogP contribution is -2.02. The van der Waals surface area contributed by atoms with Crippen LogP contribution in [-0.2, 0) is 16.5 Å². The van der Waals surface area contributed by atoms with E-state index in [9.17, 15) is 18.1 Å². The van der Waals surface area contributed by atoms with Crippen molar-refractivity contribution in [2.45, 2.75) is 50.3 Å². The molecule has 2 aromatic rings. The minimum absolute atomic E-state index is 0.0184. The molecule has 2 rings (SSSR count). The topological polar surface area (TPSA) is 83.8 Å². The molecule has 0 atom stereocenters. The molecule has 0 unspecified atom stereocenters. The quantitative estimate of drug-likeness (QED) is 0.486. The van der Waals surface area contributed by atoms with Crippen molar-refractivity contribution < 1.29 is 22.8 Å². The Morgan fingerprint density at radius 2 is 1.68 bits per heavy atom. The molecule has 0 aliphatic rings. The molecule has 0 heterocycles. The number of aryl methyl sites for hydroxylation is 1. The summed E-state index contributed by atoms with van der Waals surface area (Å²) in [6, 6.07) is 11.7. The fourth-order valence-electron chi connectivity index (χ4n) is 2.60. The highest BCUT2D eigenvalue weighted by atomic mass is 32.2. The Labute approximate surface area is 149 Å². The van der Waals surface area contributed by atoms with E-state index >= 15 is 0 Å². The number of rotatable bonds is 9. The number of phenols is 1. The van der Waals surface area contributed by atoms with Crippen molar-refractivity contribution in [3.8, 4) is 17.2 Å². The maximum absolute atomic E-state index is 11.6. The second-order valence-electron chi connectivity index (χ2n) is 6.00. The zero-order valence-electron chi connectivity index (χ0n) is 14.3.